The number of rotatable bonds is 3. The van der Waals surface area contributed by atoms with Crippen LogP contribution < -0.4 is 5.32 Å². The van der Waals surface area contributed by atoms with Crippen LogP contribution in [0.25, 0.3) is 0 Å². The Labute approximate surface area is 125 Å². The fourth-order valence-corrected chi connectivity index (χ4v) is 2.31. The summed E-state index contributed by atoms with van der Waals surface area (Å²) in [5.74, 6) is -0.380. The normalized spacial score (nSPS) is 12.0. The lowest BCUT2D eigenvalue weighted by Crippen LogP contribution is -2.27. The van der Waals surface area contributed by atoms with Crippen molar-refractivity contribution < 1.29 is 9.18 Å². The first-order chi connectivity index (χ1) is 9.88. The third-order valence-electron chi connectivity index (χ3n) is 3.80. The van der Waals surface area contributed by atoms with E-state index in [1.165, 1.54) is 17.7 Å². The molecule has 1 atom stereocenters. The van der Waals surface area contributed by atoms with Gasteiger partial charge in [-0.15, -0.1) is 0 Å². The fourth-order valence-electron chi connectivity index (χ4n) is 2.31. The van der Waals surface area contributed by atoms with Crippen LogP contribution in [0, 0.1) is 26.6 Å². The van der Waals surface area contributed by atoms with Crippen LogP contribution in [0.3, 0.4) is 0 Å². The summed E-state index contributed by atoms with van der Waals surface area (Å²) < 4.78 is 12.9. The SMILES string of the molecule is Cc1cc(C)c(C(=O)NC(C)c2ccc(F)cc2)cc1C. The summed E-state index contributed by atoms with van der Waals surface area (Å²) in [5.41, 5.74) is 4.80. The van der Waals surface area contributed by atoms with Crippen LogP contribution in [0.5, 0.6) is 0 Å². The Bertz CT molecular complexity index is 662. The van der Waals surface area contributed by atoms with Gasteiger partial charge in [0.2, 0.25) is 0 Å². The predicted octanol–water partition coefficient (Wildman–Crippen LogP) is 4.24. The molecule has 0 aliphatic carbocycles. The summed E-state index contributed by atoms with van der Waals surface area (Å²) in [7, 11) is 0. The monoisotopic (exact) mass is 285 g/mol. The van der Waals surface area contributed by atoms with E-state index in [4.69, 9.17) is 0 Å². The summed E-state index contributed by atoms with van der Waals surface area (Å²) in [4.78, 5) is 12.4. The molecule has 1 amide bonds. The molecule has 110 valence electrons. The number of halogens is 1. The van der Waals surface area contributed by atoms with Crippen molar-refractivity contribution in [3.63, 3.8) is 0 Å². The Hall–Kier alpha value is -2.16. The number of hydrogen-bond donors (Lipinski definition) is 1. The number of aryl methyl sites for hydroxylation is 3. The van der Waals surface area contributed by atoms with Crippen LogP contribution in [-0.2, 0) is 0 Å². The molecule has 0 saturated heterocycles. The highest BCUT2D eigenvalue weighted by atomic mass is 19.1. The first-order valence-corrected chi connectivity index (χ1v) is 7.02. The van der Waals surface area contributed by atoms with Crippen molar-refractivity contribution >= 4 is 5.91 Å². The zero-order valence-electron chi connectivity index (χ0n) is 12.8. The van der Waals surface area contributed by atoms with Gasteiger partial charge in [-0.2, -0.15) is 0 Å². The number of hydrogen-bond acceptors (Lipinski definition) is 1. The van der Waals surface area contributed by atoms with Gasteiger partial charge < -0.3 is 5.32 Å². The third kappa shape index (κ3) is 3.48. The van der Waals surface area contributed by atoms with Crippen LogP contribution in [-0.4, -0.2) is 5.91 Å². The highest BCUT2D eigenvalue weighted by Gasteiger charge is 2.14. The summed E-state index contributed by atoms with van der Waals surface area (Å²) in [5, 5.41) is 2.96. The van der Waals surface area contributed by atoms with E-state index >= 15 is 0 Å². The van der Waals surface area contributed by atoms with Crippen molar-refractivity contribution in [1.82, 2.24) is 5.32 Å². The minimum absolute atomic E-state index is 0.104. The summed E-state index contributed by atoms with van der Waals surface area (Å²) in [6.07, 6.45) is 0. The Balaban J connectivity index is 2.18. The molecule has 1 unspecified atom stereocenters. The zero-order valence-corrected chi connectivity index (χ0v) is 12.8. The first kappa shape index (κ1) is 15.2. The number of carbonyl (C=O) groups is 1. The van der Waals surface area contributed by atoms with Gasteiger partial charge in [0.1, 0.15) is 5.82 Å². The Morgan fingerprint density at radius 3 is 2.19 bits per heavy atom. The van der Waals surface area contributed by atoms with Crippen molar-refractivity contribution in [2.75, 3.05) is 0 Å². The van der Waals surface area contributed by atoms with Crippen molar-refractivity contribution in [1.29, 1.82) is 0 Å². The van der Waals surface area contributed by atoms with Crippen LogP contribution >= 0.6 is 0 Å². The van der Waals surface area contributed by atoms with Crippen LogP contribution in [0.2, 0.25) is 0 Å². The molecule has 2 aromatic carbocycles. The van der Waals surface area contributed by atoms with E-state index < -0.39 is 0 Å². The molecular weight excluding hydrogens is 265 g/mol. The van der Waals surface area contributed by atoms with E-state index in [1.807, 2.05) is 39.8 Å². The molecule has 0 radical (unpaired) electrons. The van der Waals surface area contributed by atoms with E-state index in [2.05, 4.69) is 5.32 Å². The van der Waals surface area contributed by atoms with E-state index in [0.29, 0.717) is 5.56 Å². The Kier molecular flexibility index (Phi) is 4.41. The molecule has 2 nitrogen and oxygen atoms in total. The molecule has 0 aliphatic rings. The molecular formula is C18H20FNO. The third-order valence-corrected chi connectivity index (χ3v) is 3.80. The summed E-state index contributed by atoms with van der Waals surface area (Å²) in [6.45, 7) is 7.85. The molecule has 0 bridgehead atoms. The molecule has 2 aromatic rings. The molecule has 0 aromatic heterocycles. The molecule has 21 heavy (non-hydrogen) atoms. The predicted molar refractivity (Wildman–Crippen MR) is 82.9 cm³/mol. The van der Waals surface area contributed by atoms with E-state index in [0.717, 1.165) is 16.7 Å². The maximum Gasteiger partial charge on any atom is 0.252 e. The van der Waals surface area contributed by atoms with Crippen molar-refractivity contribution in [2.45, 2.75) is 33.7 Å². The van der Waals surface area contributed by atoms with E-state index in [1.54, 1.807) is 12.1 Å². The number of amides is 1. The van der Waals surface area contributed by atoms with Crippen molar-refractivity contribution in [3.05, 3.63) is 70.0 Å². The smallest absolute Gasteiger partial charge is 0.252 e. The van der Waals surface area contributed by atoms with Gasteiger partial charge in [0.15, 0.2) is 0 Å². The van der Waals surface area contributed by atoms with Crippen LogP contribution in [0.15, 0.2) is 36.4 Å². The molecule has 0 fully saturated rings. The van der Waals surface area contributed by atoms with E-state index in [-0.39, 0.29) is 17.8 Å². The molecule has 1 N–H and O–H groups in total. The van der Waals surface area contributed by atoms with Crippen molar-refractivity contribution in [2.24, 2.45) is 0 Å². The second-order valence-corrected chi connectivity index (χ2v) is 5.50. The minimum atomic E-state index is -0.276. The fraction of sp³-hybridized carbons (Fsp3) is 0.278. The minimum Gasteiger partial charge on any atom is -0.346 e. The second-order valence-electron chi connectivity index (χ2n) is 5.50. The lowest BCUT2D eigenvalue weighted by atomic mass is 10.00. The highest BCUT2D eigenvalue weighted by Crippen LogP contribution is 2.18. The van der Waals surface area contributed by atoms with Gasteiger partial charge in [-0.1, -0.05) is 18.2 Å². The largest absolute Gasteiger partial charge is 0.346 e. The highest BCUT2D eigenvalue weighted by molar-refractivity contribution is 5.96. The zero-order chi connectivity index (χ0) is 15.6. The molecule has 0 aliphatic heterocycles. The molecule has 2 rings (SSSR count). The molecule has 0 heterocycles. The first-order valence-electron chi connectivity index (χ1n) is 7.02. The Morgan fingerprint density at radius 2 is 1.57 bits per heavy atom. The molecule has 0 spiro atoms. The average molecular weight is 285 g/mol. The van der Waals surface area contributed by atoms with Gasteiger partial charge >= 0.3 is 0 Å². The summed E-state index contributed by atoms with van der Waals surface area (Å²) in [6, 6.07) is 9.95. The maximum atomic E-state index is 12.9. The number of benzene rings is 2. The van der Waals surface area contributed by atoms with Crippen molar-refractivity contribution in [3.8, 4) is 0 Å². The lowest BCUT2D eigenvalue weighted by molar-refractivity contribution is 0.0939. The Morgan fingerprint density at radius 1 is 1.00 bits per heavy atom. The summed E-state index contributed by atoms with van der Waals surface area (Å²) >= 11 is 0. The maximum absolute atomic E-state index is 12.9. The second kappa shape index (κ2) is 6.08. The molecule has 3 heteroatoms. The van der Waals surface area contributed by atoms with E-state index in [9.17, 15) is 9.18 Å². The number of carbonyl (C=O) groups excluding carboxylic acids is 1. The van der Waals surface area contributed by atoms with Gasteiger partial charge in [0.25, 0.3) is 5.91 Å². The van der Waals surface area contributed by atoms with Gasteiger partial charge in [-0.05, 0) is 68.1 Å². The van der Waals surface area contributed by atoms with Crippen LogP contribution in [0.1, 0.15) is 45.6 Å². The topological polar surface area (TPSA) is 29.1 Å². The lowest BCUT2D eigenvalue weighted by Gasteiger charge is -2.16. The van der Waals surface area contributed by atoms with Gasteiger partial charge in [-0.3, -0.25) is 4.79 Å². The quantitative estimate of drug-likeness (QED) is 0.897. The standard InChI is InChI=1S/C18H20FNO/c1-11-9-13(3)17(10-12(11)2)18(21)20-14(4)15-5-7-16(19)8-6-15/h5-10,14H,1-4H3,(H,20,21). The average Bonchev–Trinajstić information content (AvgIpc) is 2.43. The van der Waals surface area contributed by atoms with Gasteiger partial charge in [-0.25, -0.2) is 4.39 Å². The van der Waals surface area contributed by atoms with Gasteiger partial charge in [0, 0.05) is 5.56 Å². The van der Waals surface area contributed by atoms with Gasteiger partial charge in [0.05, 0.1) is 6.04 Å². The van der Waals surface area contributed by atoms with Crippen LogP contribution in [0.4, 0.5) is 4.39 Å². The number of nitrogens with one attached hydrogen (secondary N) is 1. The molecule has 0 saturated carbocycles.